The minimum atomic E-state index is 0.158. The summed E-state index contributed by atoms with van der Waals surface area (Å²) >= 11 is 0. The van der Waals surface area contributed by atoms with Crippen LogP contribution in [-0.4, -0.2) is 53.4 Å². The molecule has 1 aromatic rings. The smallest absolute Gasteiger partial charge is 0.253 e. The Labute approximate surface area is 127 Å². The Hall–Kier alpha value is -1.42. The van der Waals surface area contributed by atoms with Crippen molar-refractivity contribution in [2.75, 3.05) is 32.7 Å². The molecule has 4 heteroatoms. The molecule has 2 fully saturated rings. The lowest BCUT2D eigenvalue weighted by atomic mass is 9.71. The fourth-order valence-electron chi connectivity index (χ4n) is 3.73. The highest BCUT2D eigenvalue weighted by molar-refractivity contribution is 5.94. The first kappa shape index (κ1) is 14.5. The second kappa shape index (κ2) is 5.76. The Kier molecular flexibility index (Phi) is 3.98. The number of amides is 1. The highest BCUT2D eigenvalue weighted by Crippen LogP contribution is 2.40. The third-order valence-electron chi connectivity index (χ3n) is 4.78. The van der Waals surface area contributed by atoms with Crippen LogP contribution in [0.2, 0.25) is 0 Å². The second-order valence-electron chi connectivity index (χ2n) is 7.09. The minimum absolute atomic E-state index is 0.158. The van der Waals surface area contributed by atoms with Gasteiger partial charge in [-0.3, -0.25) is 9.78 Å². The molecule has 0 unspecified atom stereocenters. The molecule has 21 heavy (non-hydrogen) atoms. The number of likely N-dealkylation sites (tertiary alicyclic amines) is 2. The number of aromatic nitrogens is 1. The zero-order chi connectivity index (χ0) is 14.9. The van der Waals surface area contributed by atoms with Crippen LogP contribution >= 0.6 is 0 Å². The summed E-state index contributed by atoms with van der Waals surface area (Å²) in [7, 11) is 0. The van der Waals surface area contributed by atoms with Crippen molar-refractivity contribution in [3.8, 4) is 0 Å². The predicted molar refractivity (Wildman–Crippen MR) is 83.1 cm³/mol. The van der Waals surface area contributed by atoms with Crippen LogP contribution < -0.4 is 0 Å². The van der Waals surface area contributed by atoms with Crippen molar-refractivity contribution < 1.29 is 4.79 Å². The molecule has 1 amide bonds. The average Bonchev–Trinajstić information content (AvgIpc) is 2.46. The molecule has 0 atom stereocenters. The summed E-state index contributed by atoms with van der Waals surface area (Å²) in [5.74, 6) is 0.904. The van der Waals surface area contributed by atoms with E-state index in [1.165, 1.54) is 19.6 Å². The monoisotopic (exact) mass is 287 g/mol. The minimum Gasteiger partial charge on any atom is -0.339 e. The van der Waals surface area contributed by atoms with Crippen LogP contribution in [0.1, 0.15) is 37.0 Å². The molecule has 114 valence electrons. The average molecular weight is 287 g/mol. The van der Waals surface area contributed by atoms with E-state index < -0.39 is 0 Å². The highest BCUT2D eigenvalue weighted by atomic mass is 16.2. The predicted octanol–water partition coefficient (Wildman–Crippen LogP) is 2.28. The lowest BCUT2D eigenvalue weighted by molar-refractivity contribution is -0.0467. The van der Waals surface area contributed by atoms with E-state index in [0.717, 1.165) is 37.4 Å². The third kappa shape index (κ3) is 3.10. The Morgan fingerprint density at radius 3 is 2.43 bits per heavy atom. The van der Waals surface area contributed by atoms with Crippen LogP contribution in [0.4, 0.5) is 0 Å². The summed E-state index contributed by atoms with van der Waals surface area (Å²) in [4.78, 5) is 21.0. The molecule has 0 N–H and O–H groups in total. The molecule has 0 saturated carbocycles. The Morgan fingerprint density at radius 1 is 1.24 bits per heavy atom. The second-order valence-corrected chi connectivity index (χ2v) is 7.09. The van der Waals surface area contributed by atoms with Crippen molar-refractivity contribution in [1.82, 2.24) is 14.8 Å². The number of nitrogens with zero attached hydrogens (tertiary/aromatic N) is 3. The van der Waals surface area contributed by atoms with Gasteiger partial charge in [-0.05, 0) is 36.3 Å². The molecule has 2 saturated heterocycles. The van der Waals surface area contributed by atoms with Crippen LogP contribution in [0.3, 0.4) is 0 Å². The topological polar surface area (TPSA) is 36.4 Å². The first-order chi connectivity index (χ1) is 10.1. The third-order valence-corrected chi connectivity index (χ3v) is 4.78. The van der Waals surface area contributed by atoms with E-state index >= 15 is 0 Å². The van der Waals surface area contributed by atoms with Crippen molar-refractivity contribution in [1.29, 1.82) is 0 Å². The molecule has 0 bridgehead atoms. The maximum absolute atomic E-state index is 12.4. The summed E-state index contributed by atoms with van der Waals surface area (Å²) in [5.41, 5.74) is 1.25. The molecule has 3 rings (SSSR count). The van der Waals surface area contributed by atoms with E-state index in [4.69, 9.17) is 0 Å². The molecule has 0 radical (unpaired) electrons. The first-order valence-electron chi connectivity index (χ1n) is 8.00. The van der Waals surface area contributed by atoms with Gasteiger partial charge in [0.05, 0.1) is 0 Å². The van der Waals surface area contributed by atoms with Gasteiger partial charge in [-0.15, -0.1) is 0 Å². The summed E-state index contributed by atoms with van der Waals surface area (Å²) in [6, 6.07) is 3.61. The van der Waals surface area contributed by atoms with Crippen LogP contribution in [0.5, 0.6) is 0 Å². The van der Waals surface area contributed by atoms with Crippen molar-refractivity contribution in [2.45, 2.75) is 26.7 Å². The van der Waals surface area contributed by atoms with Gasteiger partial charge < -0.3 is 9.80 Å². The van der Waals surface area contributed by atoms with Gasteiger partial charge in [0.2, 0.25) is 0 Å². The highest BCUT2D eigenvalue weighted by Gasteiger charge is 2.45. The maximum Gasteiger partial charge on any atom is 0.253 e. The van der Waals surface area contributed by atoms with Crippen molar-refractivity contribution in [3.05, 3.63) is 30.1 Å². The Bertz CT molecular complexity index is 484. The molecule has 2 aliphatic rings. The van der Waals surface area contributed by atoms with Gasteiger partial charge in [-0.1, -0.05) is 13.8 Å². The van der Waals surface area contributed by atoms with Crippen LogP contribution in [0.15, 0.2) is 24.5 Å². The molecule has 2 aliphatic heterocycles. The van der Waals surface area contributed by atoms with Gasteiger partial charge in [0.1, 0.15) is 0 Å². The van der Waals surface area contributed by atoms with E-state index in [0.29, 0.717) is 5.41 Å². The van der Waals surface area contributed by atoms with Crippen LogP contribution in [0.25, 0.3) is 0 Å². The summed E-state index contributed by atoms with van der Waals surface area (Å²) in [5, 5.41) is 0. The van der Waals surface area contributed by atoms with Crippen LogP contribution in [-0.2, 0) is 0 Å². The lowest BCUT2D eigenvalue weighted by Gasteiger charge is -2.54. The summed E-state index contributed by atoms with van der Waals surface area (Å²) < 4.78 is 0. The van der Waals surface area contributed by atoms with Crippen molar-refractivity contribution >= 4 is 5.91 Å². The molecular weight excluding hydrogens is 262 g/mol. The van der Waals surface area contributed by atoms with Gasteiger partial charge in [0.25, 0.3) is 5.91 Å². The zero-order valence-electron chi connectivity index (χ0n) is 13.1. The zero-order valence-corrected chi connectivity index (χ0v) is 13.1. The first-order valence-corrected chi connectivity index (χ1v) is 8.00. The van der Waals surface area contributed by atoms with E-state index in [2.05, 4.69) is 23.7 Å². The van der Waals surface area contributed by atoms with Gasteiger partial charge >= 0.3 is 0 Å². The Morgan fingerprint density at radius 2 is 1.86 bits per heavy atom. The number of piperidine rings is 1. The summed E-state index contributed by atoms with van der Waals surface area (Å²) in [6.45, 7) is 10.0. The number of carbonyl (C=O) groups is 1. The number of hydrogen-bond donors (Lipinski definition) is 0. The van der Waals surface area contributed by atoms with Gasteiger partial charge in [0, 0.05) is 50.7 Å². The normalized spacial score (nSPS) is 21.6. The molecule has 4 nitrogen and oxygen atoms in total. The Balaban J connectivity index is 1.51. The van der Waals surface area contributed by atoms with E-state index in [1.54, 1.807) is 24.5 Å². The van der Waals surface area contributed by atoms with Crippen molar-refractivity contribution in [3.63, 3.8) is 0 Å². The SMILES string of the molecule is CC(C)CN1CC2(CCN(C(=O)c3ccncc3)CC2)C1. The van der Waals surface area contributed by atoms with E-state index in [1.807, 2.05) is 4.90 Å². The molecule has 0 aromatic carbocycles. The molecular formula is C17H25N3O. The lowest BCUT2D eigenvalue weighted by Crippen LogP contribution is -2.61. The maximum atomic E-state index is 12.4. The number of pyridine rings is 1. The quantitative estimate of drug-likeness (QED) is 0.856. The van der Waals surface area contributed by atoms with E-state index in [9.17, 15) is 4.79 Å². The summed E-state index contributed by atoms with van der Waals surface area (Å²) in [6.07, 6.45) is 5.68. The number of hydrogen-bond acceptors (Lipinski definition) is 3. The van der Waals surface area contributed by atoms with Crippen LogP contribution in [0, 0.1) is 11.3 Å². The van der Waals surface area contributed by atoms with Gasteiger partial charge in [-0.2, -0.15) is 0 Å². The largest absolute Gasteiger partial charge is 0.339 e. The molecule has 0 aliphatic carbocycles. The fourth-order valence-corrected chi connectivity index (χ4v) is 3.73. The standard InChI is InChI=1S/C17H25N3O/c1-14(2)11-19-12-17(13-19)5-9-20(10-6-17)16(21)15-3-7-18-8-4-15/h3-4,7-8,14H,5-6,9-13H2,1-2H3. The molecule has 1 aromatic heterocycles. The van der Waals surface area contributed by atoms with Gasteiger partial charge in [0.15, 0.2) is 0 Å². The van der Waals surface area contributed by atoms with Gasteiger partial charge in [-0.25, -0.2) is 0 Å². The number of rotatable bonds is 3. The fraction of sp³-hybridized carbons (Fsp3) is 0.647. The molecule has 1 spiro atoms. The molecule has 3 heterocycles. The van der Waals surface area contributed by atoms with E-state index in [-0.39, 0.29) is 5.91 Å². The van der Waals surface area contributed by atoms with Crippen molar-refractivity contribution in [2.24, 2.45) is 11.3 Å². The number of carbonyl (C=O) groups excluding carboxylic acids is 1.